The summed E-state index contributed by atoms with van der Waals surface area (Å²) >= 11 is 3.11. The average molecular weight is 290 g/mol. The number of amidine groups is 1. The molecule has 0 saturated heterocycles. The lowest BCUT2D eigenvalue weighted by atomic mass is 10.3. The van der Waals surface area contributed by atoms with Gasteiger partial charge in [-0.3, -0.25) is 10.1 Å². The van der Waals surface area contributed by atoms with Gasteiger partial charge in [0.05, 0.1) is 11.0 Å². The van der Waals surface area contributed by atoms with E-state index in [1.807, 2.05) is 0 Å². The van der Waals surface area contributed by atoms with Crippen molar-refractivity contribution in [3.05, 3.63) is 32.8 Å². The molecule has 3 N–H and O–H groups in total. The molecule has 0 aliphatic carbocycles. The van der Waals surface area contributed by atoms with E-state index in [2.05, 4.69) is 21.1 Å². The van der Waals surface area contributed by atoms with Crippen molar-refractivity contribution in [3.8, 4) is 5.75 Å². The first-order chi connectivity index (χ1) is 7.52. The highest BCUT2D eigenvalue weighted by atomic mass is 79.9. The number of nitrogens with two attached hydrogens (primary N) is 1. The first-order valence-corrected chi connectivity index (χ1v) is 4.86. The Morgan fingerprint density at radius 1 is 1.62 bits per heavy atom. The topological polar surface area (TPSA) is 111 Å². The molecule has 7 nitrogen and oxygen atoms in total. The van der Waals surface area contributed by atoms with Crippen LogP contribution in [0.3, 0.4) is 0 Å². The normalized spacial score (nSPS) is 11.2. The third-order valence-electron chi connectivity index (χ3n) is 1.58. The predicted octanol–water partition coefficient (Wildman–Crippen LogP) is 1.48. The second-order valence-corrected chi connectivity index (χ2v) is 3.70. The number of nitro groups is 1. The number of oxime groups is 1. The molecule has 0 radical (unpaired) electrons. The van der Waals surface area contributed by atoms with E-state index in [4.69, 9.17) is 15.7 Å². The van der Waals surface area contributed by atoms with Gasteiger partial charge in [-0.05, 0) is 6.07 Å². The number of halogens is 1. The van der Waals surface area contributed by atoms with E-state index < -0.39 is 4.92 Å². The highest BCUT2D eigenvalue weighted by Crippen LogP contribution is 2.25. The molecule has 0 aliphatic heterocycles. The molecule has 0 heterocycles. The van der Waals surface area contributed by atoms with Gasteiger partial charge in [0, 0.05) is 10.5 Å². The monoisotopic (exact) mass is 289 g/mol. The number of nitrogens with zero attached hydrogens (tertiary/aromatic N) is 2. The summed E-state index contributed by atoms with van der Waals surface area (Å²) in [5.41, 5.74) is 5.08. The Morgan fingerprint density at radius 3 is 2.88 bits per heavy atom. The summed E-state index contributed by atoms with van der Waals surface area (Å²) in [6, 6.07) is 4.13. The Balaban J connectivity index is 2.84. The molecule has 1 aromatic carbocycles. The maximum absolute atomic E-state index is 10.5. The van der Waals surface area contributed by atoms with Crippen LogP contribution in [0.25, 0.3) is 0 Å². The van der Waals surface area contributed by atoms with Crippen molar-refractivity contribution in [1.29, 1.82) is 0 Å². The van der Waals surface area contributed by atoms with Crippen molar-refractivity contribution in [2.45, 2.75) is 0 Å². The lowest BCUT2D eigenvalue weighted by Gasteiger charge is -2.05. The molecule has 86 valence electrons. The SMILES string of the molecule is N/C(COc1cc(Br)cc([N+](=O)[O-])c1)=N/O. The average Bonchev–Trinajstić information content (AvgIpc) is 2.25. The van der Waals surface area contributed by atoms with Crippen LogP contribution in [0.15, 0.2) is 27.8 Å². The molecule has 0 aromatic heterocycles. The highest BCUT2D eigenvalue weighted by Gasteiger charge is 2.09. The van der Waals surface area contributed by atoms with Crippen LogP contribution in [0.4, 0.5) is 5.69 Å². The molecule has 1 aromatic rings. The molecule has 0 bridgehead atoms. The zero-order valence-electron chi connectivity index (χ0n) is 7.96. The molecular weight excluding hydrogens is 282 g/mol. The zero-order chi connectivity index (χ0) is 12.1. The lowest BCUT2D eigenvalue weighted by molar-refractivity contribution is -0.385. The Bertz CT molecular complexity index is 435. The summed E-state index contributed by atoms with van der Waals surface area (Å²) in [4.78, 5) is 10.00. The van der Waals surface area contributed by atoms with E-state index in [0.717, 1.165) is 0 Å². The van der Waals surface area contributed by atoms with Crippen molar-refractivity contribution in [2.24, 2.45) is 10.9 Å². The molecule has 8 heteroatoms. The van der Waals surface area contributed by atoms with Crippen LogP contribution in [0, 0.1) is 10.1 Å². The molecular formula is C8H8BrN3O4. The van der Waals surface area contributed by atoms with Crippen LogP contribution < -0.4 is 10.5 Å². The molecule has 0 spiro atoms. The predicted molar refractivity (Wildman–Crippen MR) is 59.7 cm³/mol. The highest BCUT2D eigenvalue weighted by molar-refractivity contribution is 9.10. The number of hydrogen-bond donors (Lipinski definition) is 2. The minimum absolute atomic E-state index is 0.108. The van der Waals surface area contributed by atoms with Crippen LogP contribution in [-0.4, -0.2) is 22.6 Å². The van der Waals surface area contributed by atoms with E-state index in [-0.39, 0.29) is 23.9 Å². The van der Waals surface area contributed by atoms with Crippen molar-refractivity contribution in [1.82, 2.24) is 0 Å². The molecule has 1 rings (SSSR count). The molecule has 0 amide bonds. The summed E-state index contributed by atoms with van der Waals surface area (Å²) in [5.74, 6) is 0.135. The molecule has 0 saturated carbocycles. The van der Waals surface area contributed by atoms with Gasteiger partial charge in [0.15, 0.2) is 5.84 Å². The smallest absolute Gasteiger partial charge is 0.274 e. The fourth-order valence-electron chi connectivity index (χ4n) is 0.923. The fraction of sp³-hybridized carbons (Fsp3) is 0.125. The van der Waals surface area contributed by atoms with Crippen molar-refractivity contribution in [2.75, 3.05) is 6.61 Å². The summed E-state index contributed by atoms with van der Waals surface area (Å²) in [6.45, 7) is -0.149. The Labute approximate surface area is 98.8 Å². The zero-order valence-corrected chi connectivity index (χ0v) is 9.55. The summed E-state index contributed by atoms with van der Waals surface area (Å²) in [7, 11) is 0. The summed E-state index contributed by atoms with van der Waals surface area (Å²) in [6.07, 6.45) is 0. The third-order valence-corrected chi connectivity index (χ3v) is 2.04. The van der Waals surface area contributed by atoms with Gasteiger partial charge in [0.25, 0.3) is 5.69 Å². The van der Waals surface area contributed by atoms with Gasteiger partial charge in [-0.15, -0.1) is 0 Å². The Hall–Kier alpha value is -1.83. The number of non-ortho nitro benzene ring substituents is 1. The van der Waals surface area contributed by atoms with Gasteiger partial charge in [0.2, 0.25) is 0 Å². The maximum atomic E-state index is 10.5. The van der Waals surface area contributed by atoms with E-state index in [1.54, 1.807) is 0 Å². The van der Waals surface area contributed by atoms with Crippen LogP contribution >= 0.6 is 15.9 Å². The van der Waals surface area contributed by atoms with Gasteiger partial charge in [-0.1, -0.05) is 21.1 Å². The van der Waals surface area contributed by atoms with E-state index in [0.29, 0.717) is 4.47 Å². The number of ether oxygens (including phenoxy) is 1. The molecule has 0 fully saturated rings. The van der Waals surface area contributed by atoms with Crippen molar-refractivity contribution >= 4 is 27.5 Å². The largest absolute Gasteiger partial charge is 0.485 e. The number of rotatable bonds is 4. The first-order valence-electron chi connectivity index (χ1n) is 4.07. The van der Waals surface area contributed by atoms with Gasteiger partial charge in [-0.2, -0.15) is 0 Å². The van der Waals surface area contributed by atoms with Gasteiger partial charge in [-0.25, -0.2) is 0 Å². The molecule has 16 heavy (non-hydrogen) atoms. The minimum atomic E-state index is -0.541. The fourth-order valence-corrected chi connectivity index (χ4v) is 1.38. The molecule has 0 unspecified atom stereocenters. The number of hydrogen-bond acceptors (Lipinski definition) is 5. The molecule has 0 atom stereocenters. The Kier molecular flexibility index (Phi) is 4.06. The van der Waals surface area contributed by atoms with E-state index >= 15 is 0 Å². The van der Waals surface area contributed by atoms with Crippen LogP contribution in [0.5, 0.6) is 5.75 Å². The van der Waals surface area contributed by atoms with E-state index in [9.17, 15) is 10.1 Å². The van der Waals surface area contributed by atoms with Crippen LogP contribution in [0.1, 0.15) is 0 Å². The molecule has 0 aliphatic rings. The van der Waals surface area contributed by atoms with Crippen LogP contribution in [0.2, 0.25) is 0 Å². The summed E-state index contributed by atoms with van der Waals surface area (Å²) < 4.78 is 5.59. The number of nitro benzene ring substituents is 1. The first kappa shape index (κ1) is 12.2. The van der Waals surface area contributed by atoms with Crippen molar-refractivity contribution < 1.29 is 14.9 Å². The van der Waals surface area contributed by atoms with Gasteiger partial charge in [0.1, 0.15) is 12.4 Å². The maximum Gasteiger partial charge on any atom is 0.274 e. The lowest BCUT2D eigenvalue weighted by Crippen LogP contribution is -2.20. The standard InChI is InChI=1S/C8H8BrN3O4/c9-5-1-6(12(14)15)3-7(2-5)16-4-8(10)11-13/h1-3,13H,4H2,(H2,10,11). The second-order valence-electron chi connectivity index (χ2n) is 2.78. The minimum Gasteiger partial charge on any atom is -0.485 e. The quantitative estimate of drug-likeness (QED) is 0.287. The Morgan fingerprint density at radius 2 is 2.31 bits per heavy atom. The summed E-state index contributed by atoms with van der Waals surface area (Å²) in [5, 5.41) is 21.5. The van der Waals surface area contributed by atoms with Crippen LogP contribution in [-0.2, 0) is 0 Å². The number of benzene rings is 1. The van der Waals surface area contributed by atoms with Crippen molar-refractivity contribution in [3.63, 3.8) is 0 Å². The van der Waals surface area contributed by atoms with Gasteiger partial charge >= 0.3 is 0 Å². The second kappa shape index (κ2) is 5.31. The van der Waals surface area contributed by atoms with E-state index in [1.165, 1.54) is 18.2 Å². The third kappa shape index (κ3) is 3.39. The van der Waals surface area contributed by atoms with Gasteiger partial charge < -0.3 is 15.7 Å².